The van der Waals surface area contributed by atoms with Crippen molar-refractivity contribution in [2.45, 2.75) is 37.5 Å². The van der Waals surface area contributed by atoms with Crippen LogP contribution in [0, 0.1) is 0 Å². The monoisotopic (exact) mass is 345 g/mol. The Labute approximate surface area is 149 Å². The number of ether oxygens (including phenoxy) is 2. The lowest BCUT2D eigenvalue weighted by Gasteiger charge is -2.30. The standard InChI is InChI=1S/C20H27NO2S/c1-21-13-15(19-8-5-11-24-19)12-14-6-4-7-17-16(14)9-10-18(22-2)20(17)23-3/h5,8-11,14-15,21H,4,6-7,12-13H2,1-3H3. The lowest BCUT2D eigenvalue weighted by Crippen LogP contribution is -2.21. The second-order valence-corrected chi connectivity index (χ2v) is 7.44. The van der Waals surface area contributed by atoms with Crippen molar-refractivity contribution in [3.05, 3.63) is 45.6 Å². The molecule has 1 aliphatic rings. The number of methoxy groups -OCH3 is 2. The van der Waals surface area contributed by atoms with Crippen LogP contribution in [0.2, 0.25) is 0 Å². The molecule has 3 nitrogen and oxygen atoms in total. The van der Waals surface area contributed by atoms with E-state index >= 15 is 0 Å². The van der Waals surface area contributed by atoms with Crippen LogP contribution in [0.15, 0.2) is 29.6 Å². The van der Waals surface area contributed by atoms with Gasteiger partial charge in [-0.1, -0.05) is 12.1 Å². The van der Waals surface area contributed by atoms with Crippen LogP contribution in [-0.2, 0) is 6.42 Å². The molecule has 0 saturated heterocycles. The van der Waals surface area contributed by atoms with Gasteiger partial charge in [-0.3, -0.25) is 0 Å². The Hall–Kier alpha value is -1.52. The van der Waals surface area contributed by atoms with Crippen molar-refractivity contribution in [3.8, 4) is 11.5 Å². The van der Waals surface area contributed by atoms with Gasteiger partial charge in [-0.15, -0.1) is 11.3 Å². The molecule has 1 aromatic carbocycles. The fourth-order valence-electron chi connectivity index (χ4n) is 3.99. The quantitative estimate of drug-likeness (QED) is 0.797. The fourth-order valence-corrected chi connectivity index (χ4v) is 4.83. The zero-order chi connectivity index (χ0) is 16.9. The highest BCUT2D eigenvalue weighted by Crippen LogP contribution is 2.45. The Morgan fingerprint density at radius 1 is 1.25 bits per heavy atom. The lowest BCUT2D eigenvalue weighted by atomic mass is 9.77. The molecule has 0 aliphatic heterocycles. The molecule has 0 spiro atoms. The summed E-state index contributed by atoms with van der Waals surface area (Å²) >= 11 is 1.87. The Balaban J connectivity index is 1.89. The minimum Gasteiger partial charge on any atom is -0.493 e. The molecule has 1 aliphatic carbocycles. The maximum Gasteiger partial charge on any atom is 0.164 e. The largest absolute Gasteiger partial charge is 0.493 e. The van der Waals surface area contributed by atoms with E-state index in [2.05, 4.69) is 35.0 Å². The van der Waals surface area contributed by atoms with Gasteiger partial charge in [-0.25, -0.2) is 0 Å². The highest BCUT2D eigenvalue weighted by molar-refractivity contribution is 7.10. The maximum absolute atomic E-state index is 5.67. The average molecular weight is 346 g/mol. The van der Waals surface area contributed by atoms with Gasteiger partial charge in [0.05, 0.1) is 14.2 Å². The molecule has 2 atom stereocenters. The van der Waals surface area contributed by atoms with E-state index < -0.39 is 0 Å². The van der Waals surface area contributed by atoms with E-state index in [0.717, 1.165) is 24.5 Å². The van der Waals surface area contributed by atoms with Crippen LogP contribution in [-0.4, -0.2) is 27.8 Å². The van der Waals surface area contributed by atoms with Crippen LogP contribution in [0.25, 0.3) is 0 Å². The molecule has 24 heavy (non-hydrogen) atoms. The van der Waals surface area contributed by atoms with Gasteiger partial charge in [-0.2, -0.15) is 0 Å². The van der Waals surface area contributed by atoms with Crippen LogP contribution < -0.4 is 14.8 Å². The minimum absolute atomic E-state index is 0.569. The second kappa shape index (κ2) is 8.04. The van der Waals surface area contributed by atoms with Crippen molar-refractivity contribution in [2.75, 3.05) is 27.8 Å². The third-order valence-corrected chi connectivity index (χ3v) is 6.10. The molecular formula is C20H27NO2S. The third-order valence-electron chi connectivity index (χ3n) is 5.07. The van der Waals surface area contributed by atoms with Gasteiger partial charge in [0.1, 0.15) is 0 Å². The van der Waals surface area contributed by atoms with Gasteiger partial charge in [-0.05, 0) is 61.7 Å². The summed E-state index contributed by atoms with van der Waals surface area (Å²) in [5.41, 5.74) is 2.80. The highest BCUT2D eigenvalue weighted by atomic mass is 32.1. The number of fused-ring (bicyclic) bond motifs is 1. The smallest absolute Gasteiger partial charge is 0.164 e. The summed E-state index contributed by atoms with van der Waals surface area (Å²) in [7, 11) is 5.50. The molecule has 130 valence electrons. The van der Waals surface area contributed by atoms with E-state index in [9.17, 15) is 0 Å². The van der Waals surface area contributed by atoms with Crippen molar-refractivity contribution in [2.24, 2.45) is 0 Å². The summed E-state index contributed by atoms with van der Waals surface area (Å²) in [6, 6.07) is 8.75. The van der Waals surface area contributed by atoms with Crippen LogP contribution in [0.3, 0.4) is 0 Å². The molecule has 2 unspecified atom stereocenters. The van der Waals surface area contributed by atoms with Crippen molar-refractivity contribution >= 4 is 11.3 Å². The van der Waals surface area contributed by atoms with Gasteiger partial charge < -0.3 is 14.8 Å². The van der Waals surface area contributed by atoms with E-state index in [-0.39, 0.29) is 0 Å². The highest BCUT2D eigenvalue weighted by Gasteiger charge is 2.27. The molecule has 0 saturated carbocycles. The first-order chi connectivity index (χ1) is 11.8. The first-order valence-corrected chi connectivity index (χ1v) is 9.58. The normalized spacial score (nSPS) is 18.0. The molecule has 0 amide bonds. The number of nitrogens with one attached hydrogen (secondary N) is 1. The molecule has 2 aromatic rings. The van der Waals surface area contributed by atoms with E-state index in [1.54, 1.807) is 14.2 Å². The molecule has 1 aromatic heterocycles. The van der Waals surface area contributed by atoms with Crippen molar-refractivity contribution < 1.29 is 9.47 Å². The van der Waals surface area contributed by atoms with Gasteiger partial charge in [0.15, 0.2) is 11.5 Å². The summed E-state index contributed by atoms with van der Waals surface area (Å²) in [6.07, 6.45) is 4.75. The molecule has 0 fully saturated rings. The molecule has 1 heterocycles. The SMILES string of the molecule is CNCC(CC1CCCc2c1ccc(OC)c2OC)c1cccs1. The van der Waals surface area contributed by atoms with Crippen molar-refractivity contribution in [3.63, 3.8) is 0 Å². The zero-order valence-corrected chi connectivity index (χ0v) is 15.6. The summed E-state index contributed by atoms with van der Waals surface area (Å²) in [6.45, 7) is 1.03. The van der Waals surface area contributed by atoms with Crippen LogP contribution in [0.4, 0.5) is 0 Å². The number of rotatable bonds is 7. The minimum atomic E-state index is 0.569. The first-order valence-electron chi connectivity index (χ1n) is 8.70. The van der Waals surface area contributed by atoms with Crippen LogP contribution >= 0.6 is 11.3 Å². The van der Waals surface area contributed by atoms with Crippen molar-refractivity contribution in [1.82, 2.24) is 5.32 Å². The van der Waals surface area contributed by atoms with Gasteiger partial charge in [0.25, 0.3) is 0 Å². The fraction of sp³-hybridized carbons (Fsp3) is 0.500. The first kappa shape index (κ1) is 17.3. The van der Waals surface area contributed by atoms with Crippen molar-refractivity contribution in [1.29, 1.82) is 0 Å². The predicted molar refractivity (Wildman–Crippen MR) is 101 cm³/mol. The van der Waals surface area contributed by atoms with Crippen LogP contribution in [0.1, 0.15) is 47.1 Å². The number of benzene rings is 1. The van der Waals surface area contributed by atoms with E-state index in [0.29, 0.717) is 11.8 Å². The average Bonchev–Trinajstić information content (AvgIpc) is 3.15. The molecule has 0 bridgehead atoms. The van der Waals surface area contributed by atoms with Gasteiger partial charge in [0.2, 0.25) is 0 Å². The number of thiophene rings is 1. The molecular weight excluding hydrogens is 318 g/mol. The Morgan fingerprint density at radius 2 is 2.12 bits per heavy atom. The predicted octanol–water partition coefficient (Wildman–Crippen LogP) is 4.58. The Kier molecular flexibility index (Phi) is 5.80. The Bertz CT molecular complexity index is 654. The lowest BCUT2D eigenvalue weighted by molar-refractivity contribution is 0.346. The molecule has 0 radical (unpaired) electrons. The third kappa shape index (κ3) is 3.45. The van der Waals surface area contributed by atoms with E-state index in [4.69, 9.17) is 9.47 Å². The topological polar surface area (TPSA) is 30.5 Å². The van der Waals surface area contributed by atoms with E-state index in [1.165, 1.54) is 35.3 Å². The van der Waals surface area contributed by atoms with Gasteiger partial charge >= 0.3 is 0 Å². The number of hydrogen-bond donors (Lipinski definition) is 1. The van der Waals surface area contributed by atoms with E-state index in [1.807, 2.05) is 18.4 Å². The summed E-state index contributed by atoms with van der Waals surface area (Å²) < 4.78 is 11.2. The summed E-state index contributed by atoms with van der Waals surface area (Å²) in [5, 5.41) is 5.55. The Morgan fingerprint density at radius 3 is 2.79 bits per heavy atom. The number of likely N-dealkylation sites (N-methyl/N-ethyl adjacent to an activating group) is 1. The summed E-state index contributed by atoms with van der Waals surface area (Å²) in [4.78, 5) is 1.48. The maximum atomic E-state index is 5.67. The second-order valence-electron chi connectivity index (χ2n) is 6.46. The molecule has 4 heteroatoms. The summed E-state index contributed by atoms with van der Waals surface area (Å²) in [5.74, 6) is 2.94. The molecule has 3 rings (SSSR count). The molecule has 1 N–H and O–H groups in total. The van der Waals surface area contributed by atoms with Gasteiger partial charge in [0, 0.05) is 22.9 Å². The zero-order valence-electron chi connectivity index (χ0n) is 14.8. The van der Waals surface area contributed by atoms with Crippen LogP contribution in [0.5, 0.6) is 11.5 Å². The number of hydrogen-bond acceptors (Lipinski definition) is 4.